The van der Waals surface area contributed by atoms with Crippen LogP contribution in [-0.2, 0) is 4.79 Å². The van der Waals surface area contributed by atoms with Crippen LogP contribution in [-0.4, -0.2) is 11.7 Å². The Labute approximate surface area is 109 Å². The molecule has 0 N–H and O–H groups in total. The summed E-state index contributed by atoms with van der Waals surface area (Å²) in [5.41, 5.74) is 1.48. The maximum absolute atomic E-state index is 12.3. The summed E-state index contributed by atoms with van der Waals surface area (Å²) >= 11 is 0. The maximum atomic E-state index is 12.3. The van der Waals surface area contributed by atoms with Crippen molar-refractivity contribution in [1.82, 2.24) is 0 Å². The monoisotopic (exact) mass is 253 g/mol. The molecule has 1 aliphatic heterocycles. The van der Waals surface area contributed by atoms with Crippen LogP contribution in [0.25, 0.3) is 6.08 Å². The van der Waals surface area contributed by atoms with Crippen LogP contribution in [0.1, 0.15) is 23.0 Å². The smallest absolute Gasteiger partial charge is 0.228 e. The molecule has 0 unspecified atom stereocenters. The Morgan fingerprint density at radius 3 is 2.68 bits per heavy atom. The third kappa shape index (κ3) is 1.78. The standard InChI is InChI=1S/C15H11NO3/c1-10(17)16-13-7-3-2-6-12(13)15(18)14(16)9-11-5-4-8-19-11/h2-9H,1H3. The lowest BCUT2D eigenvalue weighted by Gasteiger charge is -2.15. The number of hydrogen-bond donors (Lipinski definition) is 0. The lowest BCUT2D eigenvalue weighted by molar-refractivity contribution is -0.116. The van der Waals surface area contributed by atoms with E-state index in [1.807, 2.05) is 0 Å². The highest BCUT2D eigenvalue weighted by Crippen LogP contribution is 2.35. The number of carbonyl (C=O) groups excluding carboxylic acids is 2. The number of carbonyl (C=O) groups is 2. The molecular weight excluding hydrogens is 242 g/mol. The highest BCUT2D eigenvalue weighted by molar-refractivity contribution is 6.26. The fraction of sp³-hybridized carbons (Fsp3) is 0.0667. The Morgan fingerprint density at radius 2 is 2.00 bits per heavy atom. The van der Waals surface area contributed by atoms with Crippen LogP contribution in [0.4, 0.5) is 5.69 Å². The van der Waals surface area contributed by atoms with Crippen molar-refractivity contribution >= 4 is 23.5 Å². The summed E-state index contributed by atoms with van der Waals surface area (Å²) in [6.07, 6.45) is 3.11. The van der Waals surface area contributed by atoms with Crippen LogP contribution >= 0.6 is 0 Å². The minimum absolute atomic E-state index is 0.165. The van der Waals surface area contributed by atoms with E-state index >= 15 is 0 Å². The molecule has 0 fully saturated rings. The Kier molecular flexibility index (Phi) is 2.56. The Hall–Kier alpha value is -2.62. The number of fused-ring (bicyclic) bond motifs is 1. The van der Waals surface area contributed by atoms with Gasteiger partial charge in [-0.3, -0.25) is 14.5 Å². The molecule has 94 valence electrons. The third-order valence-electron chi connectivity index (χ3n) is 3.00. The summed E-state index contributed by atoms with van der Waals surface area (Å²) in [5, 5.41) is 0. The first kappa shape index (κ1) is 11.5. The van der Waals surface area contributed by atoms with E-state index in [9.17, 15) is 9.59 Å². The number of anilines is 1. The highest BCUT2D eigenvalue weighted by atomic mass is 16.3. The molecule has 4 nitrogen and oxygen atoms in total. The Balaban J connectivity index is 2.16. The maximum Gasteiger partial charge on any atom is 0.228 e. The van der Waals surface area contributed by atoms with Gasteiger partial charge in [0.05, 0.1) is 12.0 Å². The van der Waals surface area contributed by atoms with Crippen LogP contribution < -0.4 is 4.90 Å². The lowest BCUT2D eigenvalue weighted by Crippen LogP contribution is -2.25. The molecule has 3 rings (SSSR count). The molecule has 0 radical (unpaired) electrons. The number of rotatable bonds is 1. The number of nitrogens with zero attached hydrogens (tertiary/aromatic N) is 1. The molecule has 1 aliphatic rings. The van der Waals surface area contributed by atoms with Crippen LogP contribution in [0.3, 0.4) is 0 Å². The minimum atomic E-state index is -0.198. The molecule has 4 heteroatoms. The van der Waals surface area contributed by atoms with Gasteiger partial charge in [-0.1, -0.05) is 12.1 Å². The zero-order chi connectivity index (χ0) is 13.4. The number of ketones is 1. The van der Waals surface area contributed by atoms with Gasteiger partial charge >= 0.3 is 0 Å². The van der Waals surface area contributed by atoms with Gasteiger partial charge < -0.3 is 4.42 Å². The zero-order valence-electron chi connectivity index (χ0n) is 10.3. The number of para-hydroxylation sites is 1. The summed E-state index contributed by atoms with van der Waals surface area (Å²) in [6.45, 7) is 1.44. The van der Waals surface area contributed by atoms with E-state index in [1.54, 1.807) is 42.5 Å². The molecule has 0 aliphatic carbocycles. The van der Waals surface area contributed by atoms with Crippen LogP contribution in [0.15, 0.2) is 52.8 Å². The summed E-state index contributed by atoms with van der Waals surface area (Å²) in [6, 6.07) is 10.5. The molecule has 1 amide bonds. The van der Waals surface area contributed by atoms with Crippen molar-refractivity contribution in [2.24, 2.45) is 0 Å². The molecule has 2 heterocycles. The fourth-order valence-corrected chi connectivity index (χ4v) is 2.21. The average molecular weight is 253 g/mol. The lowest BCUT2D eigenvalue weighted by atomic mass is 10.1. The summed E-state index contributed by atoms with van der Waals surface area (Å²) in [4.78, 5) is 25.5. The number of allylic oxidation sites excluding steroid dienone is 1. The first-order valence-corrected chi connectivity index (χ1v) is 5.88. The molecule has 19 heavy (non-hydrogen) atoms. The molecule has 1 aromatic heterocycles. The van der Waals surface area contributed by atoms with Gasteiger partial charge in [0.25, 0.3) is 0 Å². The second kappa shape index (κ2) is 4.24. The molecule has 0 saturated heterocycles. The molecule has 0 spiro atoms. The van der Waals surface area contributed by atoms with Gasteiger partial charge in [-0.15, -0.1) is 0 Å². The molecule has 1 aromatic carbocycles. The van der Waals surface area contributed by atoms with Crippen molar-refractivity contribution < 1.29 is 14.0 Å². The molecular formula is C15H11NO3. The number of Topliss-reactive ketones (excluding diaryl/α,β-unsaturated/α-hetero) is 1. The van der Waals surface area contributed by atoms with E-state index in [1.165, 1.54) is 18.1 Å². The van der Waals surface area contributed by atoms with Crippen molar-refractivity contribution in [1.29, 1.82) is 0 Å². The minimum Gasteiger partial charge on any atom is -0.465 e. The molecule has 0 atom stereocenters. The predicted molar refractivity (Wildman–Crippen MR) is 70.6 cm³/mol. The van der Waals surface area contributed by atoms with Gasteiger partial charge in [-0.2, -0.15) is 0 Å². The largest absolute Gasteiger partial charge is 0.465 e. The Bertz CT molecular complexity index is 683. The van der Waals surface area contributed by atoms with Gasteiger partial charge in [-0.05, 0) is 24.3 Å². The molecule has 2 aromatic rings. The van der Waals surface area contributed by atoms with Crippen molar-refractivity contribution in [3.8, 4) is 0 Å². The summed E-state index contributed by atoms with van der Waals surface area (Å²) < 4.78 is 5.20. The number of benzene rings is 1. The second-order valence-electron chi connectivity index (χ2n) is 4.25. The first-order chi connectivity index (χ1) is 9.18. The van der Waals surface area contributed by atoms with Crippen molar-refractivity contribution in [2.75, 3.05) is 4.90 Å². The van der Waals surface area contributed by atoms with Gasteiger partial charge in [0.15, 0.2) is 0 Å². The van der Waals surface area contributed by atoms with E-state index in [4.69, 9.17) is 4.42 Å². The van der Waals surface area contributed by atoms with Crippen molar-refractivity contribution in [3.63, 3.8) is 0 Å². The topological polar surface area (TPSA) is 50.5 Å². The summed E-state index contributed by atoms with van der Waals surface area (Å²) in [5.74, 6) is 0.181. The van der Waals surface area contributed by atoms with Crippen molar-refractivity contribution in [2.45, 2.75) is 6.92 Å². The number of amides is 1. The number of hydrogen-bond acceptors (Lipinski definition) is 3. The van der Waals surface area contributed by atoms with E-state index in [-0.39, 0.29) is 11.7 Å². The predicted octanol–water partition coefficient (Wildman–Crippen LogP) is 2.87. The highest BCUT2D eigenvalue weighted by Gasteiger charge is 2.34. The third-order valence-corrected chi connectivity index (χ3v) is 3.00. The average Bonchev–Trinajstić information content (AvgIpc) is 2.98. The van der Waals surface area contributed by atoms with E-state index in [0.717, 1.165) is 0 Å². The summed E-state index contributed by atoms with van der Waals surface area (Å²) in [7, 11) is 0. The van der Waals surface area contributed by atoms with Crippen LogP contribution in [0.2, 0.25) is 0 Å². The van der Waals surface area contributed by atoms with Gasteiger partial charge in [0.1, 0.15) is 11.5 Å². The molecule has 0 bridgehead atoms. The van der Waals surface area contributed by atoms with Crippen molar-refractivity contribution in [3.05, 3.63) is 59.7 Å². The normalized spacial score (nSPS) is 15.9. The quantitative estimate of drug-likeness (QED) is 0.734. The van der Waals surface area contributed by atoms with Gasteiger partial charge in [-0.25, -0.2) is 0 Å². The van der Waals surface area contributed by atoms with Crippen LogP contribution in [0, 0.1) is 0 Å². The van der Waals surface area contributed by atoms with Crippen LogP contribution in [0.5, 0.6) is 0 Å². The SMILES string of the molecule is CC(=O)N1C(=Cc2ccco2)C(=O)c2ccccc21. The van der Waals surface area contributed by atoms with Gasteiger partial charge in [0.2, 0.25) is 11.7 Å². The van der Waals surface area contributed by atoms with E-state index in [0.29, 0.717) is 22.7 Å². The van der Waals surface area contributed by atoms with E-state index in [2.05, 4.69) is 0 Å². The first-order valence-electron chi connectivity index (χ1n) is 5.88. The zero-order valence-corrected chi connectivity index (χ0v) is 10.3. The molecule has 0 saturated carbocycles. The number of furan rings is 1. The second-order valence-corrected chi connectivity index (χ2v) is 4.25. The fourth-order valence-electron chi connectivity index (χ4n) is 2.21. The Morgan fingerprint density at radius 1 is 1.21 bits per heavy atom. The van der Waals surface area contributed by atoms with Gasteiger partial charge in [0, 0.05) is 18.6 Å². The van der Waals surface area contributed by atoms with E-state index < -0.39 is 0 Å².